The number of hydrogen-bond acceptors (Lipinski definition) is 3. The van der Waals surface area contributed by atoms with Gasteiger partial charge in [-0.15, -0.1) is 0 Å². The number of rotatable bonds is 5. The van der Waals surface area contributed by atoms with Crippen LogP contribution < -0.4 is 5.32 Å². The van der Waals surface area contributed by atoms with Crippen molar-refractivity contribution >= 4 is 17.9 Å². The minimum Gasteiger partial charge on any atom is -0.481 e. The molecule has 0 aromatic carbocycles. The molecule has 1 heterocycles. The van der Waals surface area contributed by atoms with Crippen LogP contribution in [0.1, 0.15) is 33.6 Å². The second-order valence-electron chi connectivity index (χ2n) is 4.90. The van der Waals surface area contributed by atoms with Gasteiger partial charge in [0.2, 0.25) is 0 Å². The lowest BCUT2D eigenvalue weighted by Gasteiger charge is -2.24. The van der Waals surface area contributed by atoms with Gasteiger partial charge in [0.15, 0.2) is 0 Å². The van der Waals surface area contributed by atoms with Crippen LogP contribution in [0.5, 0.6) is 0 Å². The van der Waals surface area contributed by atoms with E-state index in [0.717, 1.165) is 11.3 Å². The first kappa shape index (κ1) is 13.5. The van der Waals surface area contributed by atoms with Crippen molar-refractivity contribution in [2.75, 3.05) is 6.54 Å². The predicted octanol–water partition coefficient (Wildman–Crippen LogP) is 0.818. The van der Waals surface area contributed by atoms with E-state index in [1.807, 2.05) is 6.92 Å². The molecular formula is C11H18N2O4. The van der Waals surface area contributed by atoms with E-state index in [9.17, 15) is 14.4 Å². The Bertz CT molecular complexity index is 351. The van der Waals surface area contributed by atoms with Gasteiger partial charge >= 0.3 is 12.0 Å². The van der Waals surface area contributed by atoms with Gasteiger partial charge in [-0.1, -0.05) is 13.3 Å². The molecule has 1 saturated heterocycles. The fourth-order valence-electron chi connectivity index (χ4n) is 1.67. The van der Waals surface area contributed by atoms with Crippen molar-refractivity contribution in [1.29, 1.82) is 0 Å². The number of nitrogens with zero attached hydrogens (tertiary/aromatic N) is 1. The van der Waals surface area contributed by atoms with Gasteiger partial charge in [-0.05, 0) is 20.3 Å². The molecule has 6 heteroatoms. The molecule has 1 unspecified atom stereocenters. The molecule has 3 amide bonds. The highest BCUT2D eigenvalue weighted by Gasteiger charge is 2.42. The van der Waals surface area contributed by atoms with Crippen molar-refractivity contribution in [3.63, 3.8) is 0 Å². The average molecular weight is 242 g/mol. The summed E-state index contributed by atoms with van der Waals surface area (Å²) in [6.07, 6.45) is 1.36. The highest BCUT2D eigenvalue weighted by molar-refractivity contribution is 6.04. The van der Waals surface area contributed by atoms with Gasteiger partial charge in [0.25, 0.3) is 5.91 Å². The molecule has 0 spiro atoms. The molecule has 0 aliphatic carbocycles. The summed E-state index contributed by atoms with van der Waals surface area (Å²) in [5, 5.41) is 11.5. The normalized spacial score (nSPS) is 20.6. The van der Waals surface area contributed by atoms with Crippen molar-refractivity contribution < 1.29 is 19.5 Å². The van der Waals surface area contributed by atoms with E-state index in [1.165, 1.54) is 13.8 Å². The first-order valence-corrected chi connectivity index (χ1v) is 5.65. The fourth-order valence-corrected chi connectivity index (χ4v) is 1.67. The first-order valence-electron chi connectivity index (χ1n) is 5.65. The number of carboxylic acids is 1. The largest absolute Gasteiger partial charge is 0.481 e. The maximum atomic E-state index is 11.9. The molecule has 1 rings (SSSR count). The molecule has 0 radical (unpaired) electrons. The molecule has 1 aliphatic rings. The number of hydrogen-bond donors (Lipinski definition) is 2. The van der Waals surface area contributed by atoms with E-state index in [-0.39, 0.29) is 12.5 Å². The SMILES string of the molecule is CCCC1NC(=O)N(CC(C)(C)C(=O)O)C1=O. The summed E-state index contributed by atoms with van der Waals surface area (Å²) in [5.74, 6) is -1.36. The minimum atomic E-state index is -1.13. The number of urea groups is 1. The van der Waals surface area contributed by atoms with E-state index >= 15 is 0 Å². The summed E-state index contributed by atoms with van der Waals surface area (Å²) in [6.45, 7) is 4.79. The second-order valence-corrected chi connectivity index (χ2v) is 4.90. The molecule has 0 aromatic rings. The van der Waals surface area contributed by atoms with Crippen LogP contribution >= 0.6 is 0 Å². The van der Waals surface area contributed by atoms with Crippen LogP contribution in [0, 0.1) is 5.41 Å². The monoisotopic (exact) mass is 242 g/mol. The van der Waals surface area contributed by atoms with Gasteiger partial charge in [-0.3, -0.25) is 14.5 Å². The standard InChI is InChI=1S/C11H18N2O4/c1-4-5-7-8(14)13(10(17)12-7)6-11(2,3)9(15)16/h7H,4-6H2,1-3H3,(H,12,17)(H,15,16). The van der Waals surface area contributed by atoms with E-state index in [4.69, 9.17) is 5.11 Å². The zero-order valence-corrected chi connectivity index (χ0v) is 10.3. The molecule has 96 valence electrons. The van der Waals surface area contributed by atoms with Crippen molar-refractivity contribution in [3.05, 3.63) is 0 Å². The average Bonchev–Trinajstić information content (AvgIpc) is 2.46. The molecule has 0 aromatic heterocycles. The number of carbonyl (C=O) groups is 3. The minimum absolute atomic E-state index is 0.104. The highest BCUT2D eigenvalue weighted by atomic mass is 16.4. The summed E-state index contributed by atoms with van der Waals surface area (Å²) < 4.78 is 0. The molecule has 6 nitrogen and oxygen atoms in total. The van der Waals surface area contributed by atoms with E-state index in [2.05, 4.69) is 5.32 Å². The number of carboxylic acid groups (broad SMARTS) is 1. The number of aliphatic carboxylic acids is 1. The molecule has 17 heavy (non-hydrogen) atoms. The Balaban J connectivity index is 2.76. The van der Waals surface area contributed by atoms with Crippen LogP contribution in [0.3, 0.4) is 0 Å². The Hall–Kier alpha value is -1.59. The molecule has 1 fully saturated rings. The topological polar surface area (TPSA) is 86.7 Å². The van der Waals surface area contributed by atoms with E-state index < -0.39 is 23.5 Å². The number of carbonyl (C=O) groups excluding carboxylic acids is 2. The summed E-state index contributed by atoms with van der Waals surface area (Å²) >= 11 is 0. The van der Waals surface area contributed by atoms with Gasteiger partial charge in [0.1, 0.15) is 6.04 Å². The third-order valence-corrected chi connectivity index (χ3v) is 2.82. The number of nitrogens with one attached hydrogen (secondary N) is 1. The van der Waals surface area contributed by atoms with Gasteiger partial charge in [0, 0.05) is 6.54 Å². The van der Waals surface area contributed by atoms with Crippen molar-refractivity contribution in [2.45, 2.75) is 39.7 Å². The summed E-state index contributed by atoms with van der Waals surface area (Å²) in [6, 6.07) is -1.00. The van der Waals surface area contributed by atoms with Crippen LogP contribution in [-0.2, 0) is 9.59 Å². The van der Waals surface area contributed by atoms with Gasteiger partial charge in [0.05, 0.1) is 5.41 Å². The molecule has 2 N–H and O–H groups in total. The Morgan fingerprint density at radius 1 is 1.47 bits per heavy atom. The second kappa shape index (κ2) is 4.73. The lowest BCUT2D eigenvalue weighted by atomic mass is 9.93. The third kappa shape index (κ3) is 2.75. The number of imide groups is 1. The van der Waals surface area contributed by atoms with Crippen LogP contribution in [0.4, 0.5) is 4.79 Å². The zero-order chi connectivity index (χ0) is 13.2. The van der Waals surface area contributed by atoms with Crippen LogP contribution in [0.15, 0.2) is 0 Å². The van der Waals surface area contributed by atoms with Crippen LogP contribution in [-0.4, -0.2) is 40.5 Å². The quantitative estimate of drug-likeness (QED) is 0.699. The summed E-state index contributed by atoms with van der Waals surface area (Å²) in [7, 11) is 0. The Kier molecular flexibility index (Phi) is 3.75. The van der Waals surface area contributed by atoms with E-state index in [0.29, 0.717) is 6.42 Å². The summed E-state index contributed by atoms with van der Waals surface area (Å²) in [5.41, 5.74) is -1.13. The van der Waals surface area contributed by atoms with Crippen molar-refractivity contribution in [3.8, 4) is 0 Å². The number of amides is 3. The van der Waals surface area contributed by atoms with Gasteiger partial charge < -0.3 is 10.4 Å². The molecular weight excluding hydrogens is 224 g/mol. The van der Waals surface area contributed by atoms with E-state index in [1.54, 1.807) is 0 Å². The molecule has 0 saturated carbocycles. The Labute approximate surface area is 100.0 Å². The Morgan fingerprint density at radius 3 is 2.53 bits per heavy atom. The molecule has 1 aliphatic heterocycles. The van der Waals surface area contributed by atoms with Gasteiger partial charge in [-0.25, -0.2) is 4.79 Å². The maximum Gasteiger partial charge on any atom is 0.324 e. The summed E-state index contributed by atoms with van der Waals surface area (Å²) in [4.78, 5) is 35.4. The first-order chi connectivity index (χ1) is 7.79. The van der Waals surface area contributed by atoms with Gasteiger partial charge in [-0.2, -0.15) is 0 Å². The predicted molar refractivity (Wildman–Crippen MR) is 60.4 cm³/mol. The molecule has 0 bridgehead atoms. The molecule has 1 atom stereocenters. The Morgan fingerprint density at radius 2 is 2.06 bits per heavy atom. The smallest absolute Gasteiger partial charge is 0.324 e. The fraction of sp³-hybridized carbons (Fsp3) is 0.727. The van der Waals surface area contributed by atoms with Crippen LogP contribution in [0.25, 0.3) is 0 Å². The van der Waals surface area contributed by atoms with Crippen molar-refractivity contribution in [2.24, 2.45) is 5.41 Å². The third-order valence-electron chi connectivity index (χ3n) is 2.82. The maximum absolute atomic E-state index is 11.9. The zero-order valence-electron chi connectivity index (χ0n) is 10.3. The highest BCUT2D eigenvalue weighted by Crippen LogP contribution is 2.21. The van der Waals surface area contributed by atoms with Crippen molar-refractivity contribution in [1.82, 2.24) is 10.2 Å². The van der Waals surface area contributed by atoms with Crippen LogP contribution in [0.2, 0.25) is 0 Å². The lowest BCUT2D eigenvalue weighted by Crippen LogP contribution is -2.42. The lowest BCUT2D eigenvalue weighted by molar-refractivity contribution is -0.148.